The molecule has 2 heterocycles. The van der Waals surface area contributed by atoms with E-state index >= 15 is 0 Å². The van der Waals surface area contributed by atoms with Gasteiger partial charge in [-0.1, -0.05) is 0 Å². The van der Waals surface area contributed by atoms with Crippen LogP contribution in [0, 0.1) is 50.6 Å². The van der Waals surface area contributed by atoms with E-state index in [1.165, 1.54) is 0 Å². The minimum Gasteiger partial charge on any atom is -0.358 e. The van der Waals surface area contributed by atoms with Gasteiger partial charge in [0.2, 0.25) is 0 Å². The highest BCUT2D eigenvalue weighted by molar-refractivity contribution is 5.63. The lowest BCUT2D eigenvalue weighted by Gasteiger charge is -1.99. The molecule has 0 radical (unpaired) electrons. The van der Waals surface area contributed by atoms with Crippen LogP contribution in [0.1, 0.15) is 0 Å². The predicted octanol–water partition coefficient (Wildman–Crippen LogP) is 0.808. The molecule has 0 aliphatic heterocycles. The van der Waals surface area contributed by atoms with Crippen LogP contribution in [-0.2, 0) is 0 Å². The van der Waals surface area contributed by atoms with Crippen LogP contribution in [0.2, 0.25) is 0 Å². The van der Waals surface area contributed by atoms with Crippen molar-refractivity contribution in [1.29, 1.82) is 0 Å². The number of hydrogen-bond donors (Lipinski definition) is 0. The van der Waals surface area contributed by atoms with Gasteiger partial charge >= 0.3 is 41.0 Å². The lowest BCUT2D eigenvalue weighted by atomic mass is 10.3. The first kappa shape index (κ1) is 17.7. The van der Waals surface area contributed by atoms with Crippen molar-refractivity contribution >= 4 is 28.8 Å². The molecule has 134 valence electrons. The fraction of sp³-hybridized carbons (Fsp3) is 0. The Labute approximate surface area is 138 Å². The molecular formula is C8H2N8O10. The maximum atomic E-state index is 11.1. The lowest BCUT2D eigenvalue weighted by Crippen LogP contribution is -2.09. The zero-order valence-corrected chi connectivity index (χ0v) is 11.8. The highest BCUT2D eigenvalue weighted by Gasteiger charge is 2.44. The van der Waals surface area contributed by atoms with Crippen molar-refractivity contribution in [3.8, 4) is 5.82 Å². The van der Waals surface area contributed by atoms with Gasteiger partial charge in [0.1, 0.15) is 6.07 Å². The number of pyridine rings is 1. The first-order valence-electron chi connectivity index (χ1n) is 5.91. The summed E-state index contributed by atoms with van der Waals surface area (Å²) in [6.07, 6.45) is 0.404. The van der Waals surface area contributed by atoms with E-state index in [-0.39, 0.29) is 10.6 Å². The summed E-state index contributed by atoms with van der Waals surface area (Å²) in [6, 6.07) is 0.163. The van der Waals surface area contributed by atoms with Gasteiger partial charge in [0.15, 0.2) is 0 Å². The third-order valence-electron chi connectivity index (χ3n) is 2.81. The number of rotatable bonds is 6. The number of nitrogens with zero attached hydrogens (tertiary/aromatic N) is 8. The van der Waals surface area contributed by atoms with Crippen LogP contribution in [0.25, 0.3) is 5.82 Å². The fourth-order valence-electron chi connectivity index (χ4n) is 1.84. The van der Waals surface area contributed by atoms with Crippen LogP contribution in [0.4, 0.5) is 28.8 Å². The van der Waals surface area contributed by atoms with E-state index < -0.39 is 59.3 Å². The first-order valence-corrected chi connectivity index (χ1v) is 5.91. The Bertz CT molecular complexity index is 995. The average Bonchev–Trinajstić information content (AvgIpc) is 2.98. The maximum absolute atomic E-state index is 11.1. The van der Waals surface area contributed by atoms with Gasteiger partial charge in [0.05, 0.1) is 9.85 Å². The Morgan fingerprint density at radius 3 is 1.69 bits per heavy atom. The highest BCUT2D eigenvalue weighted by atomic mass is 16.7. The molecule has 0 bridgehead atoms. The van der Waals surface area contributed by atoms with E-state index in [9.17, 15) is 50.6 Å². The monoisotopic (exact) mass is 370 g/mol. The summed E-state index contributed by atoms with van der Waals surface area (Å²) in [6.45, 7) is 0. The molecule has 0 aromatic carbocycles. The highest BCUT2D eigenvalue weighted by Crippen LogP contribution is 2.36. The lowest BCUT2D eigenvalue weighted by molar-refractivity contribution is -0.429. The molecule has 0 spiro atoms. The van der Waals surface area contributed by atoms with E-state index in [0.29, 0.717) is 6.33 Å². The van der Waals surface area contributed by atoms with Crippen LogP contribution in [0.5, 0.6) is 0 Å². The number of aromatic nitrogens is 3. The third kappa shape index (κ3) is 2.79. The zero-order chi connectivity index (χ0) is 19.8. The molecule has 0 saturated heterocycles. The standard InChI is InChI=1S/C8H2N8O10/c17-12(18)3-1-4(13(19)20)6(14(21)22)10-5(3)11-2-9-7(15(23)24)8(11)16(25)26/h1-2H. The molecule has 0 atom stereocenters. The van der Waals surface area contributed by atoms with Gasteiger partial charge < -0.3 is 30.3 Å². The Morgan fingerprint density at radius 2 is 1.27 bits per heavy atom. The molecule has 0 aliphatic rings. The van der Waals surface area contributed by atoms with Crippen LogP contribution in [-0.4, -0.2) is 39.2 Å². The summed E-state index contributed by atoms with van der Waals surface area (Å²) in [5, 5.41) is 54.7. The van der Waals surface area contributed by atoms with Crippen LogP contribution < -0.4 is 0 Å². The molecule has 18 heteroatoms. The summed E-state index contributed by atoms with van der Waals surface area (Å²) in [5.74, 6) is -5.28. The van der Waals surface area contributed by atoms with Crippen LogP contribution in [0.3, 0.4) is 0 Å². The average molecular weight is 370 g/mol. The van der Waals surface area contributed by atoms with Gasteiger partial charge in [-0.05, 0) is 14.8 Å². The summed E-state index contributed by atoms with van der Waals surface area (Å²) in [7, 11) is 0. The molecule has 2 aromatic rings. The van der Waals surface area contributed by atoms with Crippen molar-refractivity contribution in [3.05, 3.63) is 63.0 Å². The van der Waals surface area contributed by atoms with Crippen molar-refractivity contribution in [1.82, 2.24) is 14.5 Å². The number of nitro groups is 5. The van der Waals surface area contributed by atoms with Crippen LogP contribution >= 0.6 is 0 Å². The minimum atomic E-state index is -1.46. The van der Waals surface area contributed by atoms with Crippen molar-refractivity contribution in [2.45, 2.75) is 0 Å². The van der Waals surface area contributed by atoms with Gasteiger partial charge in [-0.25, -0.2) is 0 Å². The van der Waals surface area contributed by atoms with Crippen molar-refractivity contribution in [3.63, 3.8) is 0 Å². The molecule has 0 saturated carbocycles. The van der Waals surface area contributed by atoms with Gasteiger partial charge in [-0.2, -0.15) is 0 Å². The summed E-state index contributed by atoms with van der Waals surface area (Å²) in [4.78, 5) is 54.4. The minimum absolute atomic E-state index is 0.146. The number of imidazole rings is 1. The molecular weight excluding hydrogens is 368 g/mol. The molecule has 0 fully saturated rings. The molecule has 0 amide bonds. The first-order chi connectivity index (χ1) is 12.1. The van der Waals surface area contributed by atoms with E-state index in [2.05, 4.69) is 9.97 Å². The second kappa shape index (κ2) is 6.10. The van der Waals surface area contributed by atoms with E-state index in [4.69, 9.17) is 0 Å². The molecule has 26 heavy (non-hydrogen) atoms. The zero-order valence-electron chi connectivity index (χ0n) is 11.8. The summed E-state index contributed by atoms with van der Waals surface area (Å²) >= 11 is 0. The fourth-order valence-corrected chi connectivity index (χ4v) is 1.84. The van der Waals surface area contributed by atoms with E-state index in [1.54, 1.807) is 0 Å². The summed E-state index contributed by atoms with van der Waals surface area (Å²) in [5.41, 5.74) is -2.58. The van der Waals surface area contributed by atoms with Gasteiger partial charge in [0, 0.05) is 9.97 Å². The Hall–Kier alpha value is -4.64. The summed E-state index contributed by atoms with van der Waals surface area (Å²) < 4.78 is 0.146. The molecule has 0 unspecified atom stereocenters. The quantitative estimate of drug-likeness (QED) is 0.505. The normalized spacial score (nSPS) is 10.3. The second-order valence-corrected chi connectivity index (χ2v) is 4.22. The third-order valence-corrected chi connectivity index (χ3v) is 2.81. The topological polar surface area (TPSA) is 246 Å². The molecule has 2 rings (SSSR count). The Balaban J connectivity index is 2.94. The molecule has 0 N–H and O–H groups in total. The Morgan fingerprint density at radius 1 is 0.731 bits per heavy atom. The molecule has 2 aromatic heterocycles. The van der Waals surface area contributed by atoms with Crippen molar-refractivity contribution in [2.24, 2.45) is 0 Å². The number of hydrogen-bond acceptors (Lipinski definition) is 12. The van der Waals surface area contributed by atoms with Gasteiger partial charge in [-0.15, -0.1) is 4.57 Å². The Kier molecular flexibility index (Phi) is 4.16. The SMILES string of the molecule is O=[N+]([O-])c1cc([N+](=O)[O-])c([N+](=O)[O-])nc1-n1cnc([N+](=O)[O-])c1[N+](=O)[O-]. The second-order valence-electron chi connectivity index (χ2n) is 4.22. The predicted molar refractivity (Wildman–Crippen MR) is 74.6 cm³/mol. The maximum Gasteiger partial charge on any atom is 0.463 e. The van der Waals surface area contributed by atoms with Gasteiger partial charge in [0.25, 0.3) is 0 Å². The molecule has 0 aliphatic carbocycles. The van der Waals surface area contributed by atoms with E-state index in [0.717, 1.165) is 0 Å². The van der Waals surface area contributed by atoms with Crippen molar-refractivity contribution < 1.29 is 24.6 Å². The molecule has 18 nitrogen and oxygen atoms in total. The van der Waals surface area contributed by atoms with Crippen LogP contribution in [0.15, 0.2) is 12.4 Å². The largest absolute Gasteiger partial charge is 0.463 e. The van der Waals surface area contributed by atoms with Crippen molar-refractivity contribution in [2.75, 3.05) is 0 Å². The smallest absolute Gasteiger partial charge is 0.358 e. The van der Waals surface area contributed by atoms with Gasteiger partial charge in [-0.3, -0.25) is 20.2 Å². The van der Waals surface area contributed by atoms with E-state index in [1.807, 2.05) is 0 Å².